The molecule has 1 aromatic carbocycles. The Morgan fingerprint density at radius 1 is 1.50 bits per heavy atom. The lowest BCUT2D eigenvalue weighted by atomic mass is 10.1. The van der Waals surface area contributed by atoms with Crippen LogP contribution in [0.1, 0.15) is 22.8 Å². The fourth-order valence-electron chi connectivity index (χ4n) is 2.12. The molecule has 0 saturated heterocycles. The predicted molar refractivity (Wildman–Crippen MR) is 78.1 cm³/mol. The number of imidazole rings is 1. The van der Waals surface area contributed by atoms with Crippen molar-refractivity contribution in [2.75, 3.05) is 6.54 Å². The van der Waals surface area contributed by atoms with Crippen molar-refractivity contribution >= 4 is 5.91 Å². The number of nitrogens with two attached hydrogens (primary N) is 1. The van der Waals surface area contributed by atoms with Crippen LogP contribution in [0.5, 0.6) is 0 Å². The average molecular weight is 272 g/mol. The summed E-state index contributed by atoms with van der Waals surface area (Å²) < 4.78 is 2.07. The van der Waals surface area contributed by atoms with Gasteiger partial charge in [-0.2, -0.15) is 0 Å². The molecule has 2 rings (SSSR count). The van der Waals surface area contributed by atoms with Crippen molar-refractivity contribution in [1.82, 2.24) is 14.9 Å². The van der Waals surface area contributed by atoms with Gasteiger partial charge in [-0.15, -0.1) is 0 Å². The van der Waals surface area contributed by atoms with Crippen molar-refractivity contribution in [3.63, 3.8) is 0 Å². The number of aromatic nitrogens is 2. The number of nitrogens with one attached hydrogen (secondary N) is 1. The molecule has 0 fully saturated rings. The molecule has 0 aliphatic heterocycles. The Labute approximate surface area is 118 Å². The van der Waals surface area contributed by atoms with E-state index in [0.29, 0.717) is 11.5 Å². The lowest BCUT2D eigenvalue weighted by Crippen LogP contribution is -2.23. The van der Waals surface area contributed by atoms with Gasteiger partial charge in [0.2, 0.25) is 5.91 Å². The maximum atomic E-state index is 11.1. The van der Waals surface area contributed by atoms with Crippen LogP contribution in [0.4, 0.5) is 0 Å². The summed E-state index contributed by atoms with van der Waals surface area (Å²) in [5.74, 6) is 0.115. The lowest BCUT2D eigenvalue weighted by Gasteiger charge is -2.13. The van der Waals surface area contributed by atoms with Crippen LogP contribution in [-0.4, -0.2) is 22.0 Å². The zero-order chi connectivity index (χ0) is 14.4. The van der Waals surface area contributed by atoms with Crippen molar-refractivity contribution in [3.8, 4) is 0 Å². The molecule has 0 aliphatic rings. The summed E-state index contributed by atoms with van der Waals surface area (Å²) in [5, 5.41) is 3.39. The topological polar surface area (TPSA) is 72.9 Å². The number of benzene rings is 1. The first kappa shape index (κ1) is 14.3. The second kappa shape index (κ2) is 6.86. The molecule has 106 valence electrons. The molecule has 0 saturated carbocycles. The second-order valence-electron chi connectivity index (χ2n) is 5.06. The van der Waals surface area contributed by atoms with Gasteiger partial charge in [-0.3, -0.25) is 4.79 Å². The highest BCUT2D eigenvalue weighted by molar-refractivity contribution is 5.92. The van der Waals surface area contributed by atoms with E-state index in [1.54, 1.807) is 12.3 Å². The predicted octanol–water partition coefficient (Wildman–Crippen LogP) is 1.41. The number of rotatable bonds is 7. The molecule has 0 radical (unpaired) electrons. The van der Waals surface area contributed by atoms with E-state index in [1.807, 2.05) is 30.7 Å². The third kappa shape index (κ3) is 4.20. The van der Waals surface area contributed by atoms with E-state index in [4.69, 9.17) is 5.73 Å². The Morgan fingerprint density at radius 2 is 2.35 bits per heavy atom. The van der Waals surface area contributed by atoms with E-state index >= 15 is 0 Å². The van der Waals surface area contributed by atoms with Crippen LogP contribution >= 0.6 is 0 Å². The van der Waals surface area contributed by atoms with Gasteiger partial charge < -0.3 is 15.6 Å². The highest BCUT2D eigenvalue weighted by atomic mass is 16.1. The second-order valence-corrected chi connectivity index (χ2v) is 5.06. The number of amides is 1. The molecule has 0 aliphatic carbocycles. The first-order chi connectivity index (χ1) is 9.65. The summed E-state index contributed by atoms with van der Waals surface area (Å²) in [6.07, 6.45) is 5.58. The summed E-state index contributed by atoms with van der Waals surface area (Å²) in [6.45, 7) is 4.76. The molecule has 0 bridgehead atoms. The van der Waals surface area contributed by atoms with Crippen molar-refractivity contribution in [3.05, 3.63) is 54.1 Å². The number of hydrogen-bond acceptors (Lipinski definition) is 3. The van der Waals surface area contributed by atoms with Gasteiger partial charge in [-0.05, 0) is 30.2 Å². The molecule has 1 heterocycles. The minimum absolute atomic E-state index is 0.389. The van der Waals surface area contributed by atoms with Crippen LogP contribution in [0.25, 0.3) is 0 Å². The quantitative estimate of drug-likeness (QED) is 0.800. The van der Waals surface area contributed by atoms with E-state index in [0.717, 1.165) is 25.2 Å². The van der Waals surface area contributed by atoms with Crippen LogP contribution in [0.15, 0.2) is 43.0 Å². The van der Waals surface area contributed by atoms with Gasteiger partial charge in [0, 0.05) is 31.0 Å². The monoisotopic (exact) mass is 272 g/mol. The zero-order valence-electron chi connectivity index (χ0n) is 11.6. The number of carbonyl (C=O) groups is 1. The molecule has 0 spiro atoms. The number of hydrogen-bond donors (Lipinski definition) is 2. The number of carbonyl (C=O) groups excluding carboxylic acids is 1. The van der Waals surface area contributed by atoms with Gasteiger partial charge in [-0.1, -0.05) is 19.1 Å². The maximum Gasteiger partial charge on any atom is 0.248 e. The minimum atomic E-state index is -0.389. The first-order valence-corrected chi connectivity index (χ1v) is 6.70. The third-order valence-corrected chi connectivity index (χ3v) is 3.12. The van der Waals surface area contributed by atoms with Gasteiger partial charge in [0.25, 0.3) is 0 Å². The molecular weight excluding hydrogens is 252 g/mol. The van der Waals surface area contributed by atoms with Gasteiger partial charge in [0.1, 0.15) is 0 Å². The van der Waals surface area contributed by atoms with Crippen LogP contribution in [-0.2, 0) is 13.1 Å². The Hall–Kier alpha value is -2.14. The Kier molecular flexibility index (Phi) is 4.90. The zero-order valence-corrected chi connectivity index (χ0v) is 11.6. The average Bonchev–Trinajstić information content (AvgIpc) is 2.92. The Balaban J connectivity index is 1.78. The van der Waals surface area contributed by atoms with Crippen molar-refractivity contribution in [2.24, 2.45) is 11.7 Å². The van der Waals surface area contributed by atoms with Crippen molar-refractivity contribution < 1.29 is 4.79 Å². The Bertz CT molecular complexity index is 551. The summed E-state index contributed by atoms with van der Waals surface area (Å²) in [6, 6.07) is 7.40. The van der Waals surface area contributed by atoms with E-state index in [-0.39, 0.29) is 5.91 Å². The maximum absolute atomic E-state index is 11.1. The first-order valence-electron chi connectivity index (χ1n) is 6.70. The molecule has 1 atom stereocenters. The standard InChI is InChI=1S/C15H20N4O/c1-12(10-19-6-5-17-11-19)8-18-9-13-3-2-4-14(7-13)15(16)20/h2-7,11-12,18H,8-10H2,1H3,(H2,16,20). The van der Waals surface area contributed by atoms with E-state index < -0.39 is 0 Å². The summed E-state index contributed by atoms with van der Waals surface area (Å²) >= 11 is 0. The lowest BCUT2D eigenvalue weighted by molar-refractivity contribution is 0.1000. The summed E-state index contributed by atoms with van der Waals surface area (Å²) in [5.41, 5.74) is 6.88. The molecule has 2 aromatic rings. The highest BCUT2D eigenvalue weighted by Crippen LogP contribution is 2.05. The smallest absolute Gasteiger partial charge is 0.248 e. The molecule has 3 N–H and O–H groups in total. The molecular formula is C15H20N4O. The van der Waals surface area contributed by atoms with Crippen molar-refractivity contribution in [2.45, 2.75) is 20.0 Å². The van der Waals surface area contributed by atoms with Gasteiger partial charge in [0.05, 0.1) is 6.33 Å². The van der Waals surface area contributed by atoms with Gasteiger partial charge in [0.15, 0.2) is 0 Å². The normalized spacial score (nSPS) is 12.2. The largest absolute Gasteiger partial charge is 0.366 e. The van der Waals surface area contributed by atoms with E-state index in [2.05, 4.69) is 21.8 Å². The molecule has 20 heavy (non-hydrogen) atoms. The highest BCUT2D eigenvalue weighted by Gasteiger charge is 2.04. The Morgan fingerprint density at radius 3 is 3.05 bits per heavy atom. The molecule has 5 nitrogen and oxygen atoms in total. The van der Waals surface area contributed by atoms with Gasteiger partial charge in [-0.25, -0.2) is 4.98 Å². The third-order valence-electron chi connectivity index (χ3n) is 3.12. The van der Waals surface area contributed by atoms with Crippen LogP contribution in [0, 0.1) is 5.92 Å². The SMILES string of the molecule is CC(CNCc1cccc(C(N)=O)c1)Cn1ccnc1. The van der Waals surface area contributed by atoms with Crippen molar-refractivity contribution in [1.29, 1.82) is 0 Å². The molecule has 5 heteroatoms. The number of primary amides is 1. The van der Waals surface area contributed by atoms with Crippen LogP contribution < -0.4 is 11.1 Å². The van der Waals surface area contributed by atoms with E-state index in [1.165, 1.54) is 0 Å². The van der Waals surface area contributed by atoms with Crippen LogP contribution in [0.2, 0.25) is 0 Å². The number of nitrogens with zero attached hydrogens (tertiary/aromatic N) is 2. The fraction of sp³-hybridized carbons (Fsp3) is 0.333. The molecule has 1 amide bonds. The van der Waals surface area contributed by atoms with Gasteiger partial charge >= 0.3 is 0 Å². The molecule has 1 unspecified atom stereocenters. The summed E-state index contributed by atoms with van der Waals surface area (Å²) in [7, 11) is 0. The molecule has 1 aromatic heterocycles. The van der Waals surface area contributed by atoms with Crippen LogP contribution in [0.3, 0.4) is 0 Å². The summed E-state index contributed by atoms with van der Waals surface area (Å²) in [4.78, 5) is 15.1. The van der Waals surface area contributed by atoms with E-state index in [9.17, 15) is 4.79 Å². The fourth-order valence-corrected chi connectivity index (χ4v) is 2.12. The minimum Gasteiger partial charge on any atom is -0.366 e.